The first-order chi connectivity index (χ1) is 9.00. The molecule has 0 aliphatic carbocycles. The quantitative estimate of drug-likeness (QED) is 0.875. The summed E-state index contributed by atoms with van der Waals surface area (Å²) in [6.45, 7) is 7.23. The molecular weight excluding hydrogens is 238 g/mol. The smallest absolute Gasteiger partial charge is 0.238 e. The van der Waals surface area contributed by atoms with Crippen LogP contribution in [0.1, 0.15) is 45.2 Å². The molecule has 0 radical (unpaired) electrons. The van der Waals surface area contributed by atoms with Gasteiger partial charge in [0.25, 0.3) is 0 Å². The van der Waals surface area contributed by atoms with Crippen LogP contribution in [0.3, 0.4) is 0 Å². The highest BCUT2D eigenvalue weighted by atomic mass is 16.2. The molecular formula is C15H23N3O. The molecule has 4 nitrogen and oxygen atoms in total. The van der Waals surface area contributed by atoms with E-state index in [9.17, 15) is 4.79 Å². The number of carbonyl (C=O) groups excluding carboxylic acids is 1. The fourth-order valence-electron chi connectivity index (χ4n) is 2.69. The number of pyridine rings is 1. The Bertz CT molecular complexity index is 430. The topological polar surface area (TPSA) is 54.0 Å². The van der Waals surface area contributed by atoms with Crippen molar-refractivity contribution in [2.45, 2.75) is 45.7 Å². The molecule has 0 aromatic carbocycles. The molecule has 1 aliphatic heterocycles. The Morgan fingerprint density at radius 2 is 2.16 bits per heavy atom. The van der Waals surface area contributed by atoms with Crippen molar-refractivity contribution in [2.24, 2.45) is 5.41 Å². The summed E-state index contributed by atoms with van der Waals surface area (Å²) in [5.41, 5.74) is 1.09. The van der Waals surface area contributed by atoms with Crippen LogP contribution < -0.4 is 10.6 Å². The van der Waals surface area contributed by atoms with Crippen molar-refractivity contribution in [3.05, 3.63) is 30.1 Å². The van der Waals surface area contributed by atoms with Crippen LogP contribution in [0.4, 0.5) is 0 Å². The normalized spacial score (nSPS) is 23.6. The van der Waals surface area contributed by atoms with Crippen LogP contribution in [0.5, 0.6) is 0 Å². The van der Waals surface area contributed by atoms with Gasteiger partial charge < -0.3 is 10.6 Å². The summed E-state index contributed by atoms with van der Waals surface area (Å²) >= 11 is 0. The largest absolute Gasteiger partial charge is 0.348 e. The van der Waals surface area contributed by atoms with E-state index in [0.29, 0.717) is 0 Å². The predicted molar refractivity (Wildman–Crippen MR) is 75.6 cm³/mol. The van der Waals surface area contributed by atoms with Crippen molar-refractivity contribution in [2.75, 3.05) is 6.54 Å². The van der Waals surface area contributed by atoms with Crippen molar-refractivity contribution >= 4 is 5.91 Å². The predicted octanol–water partition coefficient (Wildman–Crippen LogP) is 2.04. The number of nitrogens with zero attached hydrogens (tertiary/aromatic N) is 1. The molecule has 1 aromatic rings. The number of hydrogen-bond acceptors (Lipinski definition) is 3. The van der Waals surface area contributed by atoms with Crippen LogP contribution in [0.25, 0.3) is 0 Å². The zero-order chi connectivity index (χ0) is 13.9. The summed E-state index contributed by atoms with van der Waals surface area (Å²) in [7, 11) is 0. The maximum absolute atomic E-state index is 12.4. The average molecular weight is 261 g/mol. The number of rotatable bonds is 3. The third-order valence-corrected chi connectivity index (χ3v) is 3.95. The van der Waals surface area contributed by atoms with Crippen molar-refractivity contribution in [1.82, 2.24) is 15.6 Å². The maximum Gasteiger partial charge on any atom is 0.238 e. The van der Waals surface area contributed by atoms with E-state index in [2.05, 4.69) is 29.5 Å². The molecule has 1 amide bonds. The minimum Gasteiger partial charge on any atom is -0.348 e. The Kier molecular flexibility index (Phi) is 4.20. The molecule has 19 heavy (non-hydrogen) atoms. The molecule has 0 bridgehead atoms. The summed E-state index contributed by atoms with van der Waals surface area (Å²) in [5.74, 6) is 0.0917. The molecule has 1 saturated heterocycles. The lowest BCUT2D eigenvalue weighted by Gasteiger charge is -2.38. The van der Waals surface area contributed by atoms with Crippen LogP contribution in [0, 0.1) is 5.41 Å². The van der Waals surface area contributed by atoms with E-state index in [4.69, 9.17) is 0 Å². The van der Waals surface area contributed by atoms with Crippen LogP contribution in [-0.4, -0.2) is 23.5 Å². The second-order valence-electron chi connectivity index (χ2n) is 5.99. The molecule has 104 valence electrons. The van der Waals surface area contributed by atoms with Crippen LogP contribution in [0.2, 0.25) is 0 Å². The van der Waals surface area contributed by atoms with Gasteiger partial charge in [0.15, 0.2) is 0 Å². The van der Waals surface area contributed by atoms with Gasteiger partial charge in [-0.1, -0.05) is 13.8 Å². The van der Waals surface area contributed by atoms with Crippen LogP contribution in [0.15, 0.2) is 24.5 Å². The van der Waals surface area contributed by atoms with E-state index in [0.717, 1.165) is 24.9 Å². The highest BCUT2D eigenvalue weighted by molar-refractivity contribution is 5.83. The Hall–Kier alpha value is -1.42. The third kappa shape index (κ3) is 3.32. The van der Waals surface area contributed by atoms with Gasteiger partial charge in [0.1, 0.15) is 0 Å². The van der Waals surface area contributed by atoms with Gasteiger partial charge in [-0.2, -0.15) is 0 Å². The van der Waals surface area contributed by atoms with Crippen molar-refractivity contribution in [3.8, 4) is 0 Å². The van der Waals surface area contributed by atoms with E-state index in [-0.39, 0.29) is 23.4 Å². The van der Waals surface area contributed by atoms with E-state index in [1.807, 2.05) is 19.1 Å². The van der Waals surface area contributed by atoms with E-state index < -0.39 is 0 Å². The zero-order valence-electron chi connectivity index (χ0n) is 11.9. The molecule has 0 saturated carbocycles. The van der Waals surface area contributed by atoms with Crippen LogP contribution >= 0.6 is 0 Å². The first kappa shape index (κ1) is 14.0. The average Bonchev–Trinajstić information content (AvgIpc) is 2.39. The number of nitrogens with one attached hydrogen (secondary N) is 2. The lowest BCUT2D eigenvalue weighted by molar-refractivity contribution is -0.127. The number of carbonyl (C=O) groups is 1. The molecule has 2 rings (SSSR count). The number of piperidine rings is 1. The van der Waals surface area contributed by atoms with Crippen molar-refractivity contribution in [1.29, 1.82) is 0 Å². The van der Waals surface area contributed by atoms with Gasteiger partial charge in [0, 0.05) is 12.4 Å². The molecule has 2 N–H and O–H groups in total. The van der Waals surface area contributed by atoms with Gasteiger partial charge in [-0.25, -0.2) is 0 Å². The van der Waals surface area contributed by atoms with E-state index in [1.165, 1.54) is 0 Å². The van der Waals surface area contributed by atoms with Gasteiger partial charge in [0.05, 0.1) is 12.1 Å². The van der Waals surface area contributed by atoms with Gasteiger partial charge in [-0.05, 0) is 49.4 Å². The Morgan fingerprint density at radius 3 is 2.79 bits per heavy atom. The summed E-state index contributed by atoms with van der Waals surface area (Å²) in [6, 6.07) is 3.77. The molecule has 0 spiro atoms. The maximum atomic E-state index is 12.4. The van der Waals surface area contributed by atoms with Gasteiger partial charge in [-0.15, -0.1) is 0 Å². The number of aromatic nitrogens is 1. The minimum absolute atomic E-state index is 0.00928. The summed E-state index contributed by atoms with van der Waals surface area (Å²) in [4.78, 5) is 16.4. The van der Waals surface area contributed by atoms with Gasteiger partial charge >= 0.3 is 0 Å². The Balaban J connectivity index is 2.01. The number of amides is 1. The highest BCUT2D eigenvalue weighted by Crippen LogP contribution is 2.30. The summed E-state index contributed by atoms with van der Waals surface area (Å²) < 4.78 is 0. The monoisotopic (exact) mass is 261 g/mol. The molecule has 2 atom stereocenters. The van der Waals surface area contributed by atoms with E-state index in [1.54, 1.807) is 12.4 Å². The number of hydrogen-bond donors (Lipinski definition) is 2. The van der Waals surface area contributed by atoms with Crippen LogP contribution in [-0.2, 0) is 4.79 Å². The first-order valence-corrected chi connectivity index (χ1v) is 6.94. The van der Waals surface area contributed by atoms with Crippen molar-refractivity contribution < 1.29 is 4.79 Å². The highest BCUT2D eigenvalue weighted by Gasteiger charge is 2.37. The van der Waals surface area contributed by atoms with Gasteiger partial charge in [0.2, 0.25) is 5.91 Å². The third-order valence-electron chi connectivity index (χ3n) is 3.95. The lowest BCUT2D eigenvalue weighted by atomic mass is 9.77. The summed E-state index contributed by atoms with van der Waals surface area (Å²) in [6.07, 6.45) is 5.72. The second-order valence-corrected chi connectivity index (χ2v) is 5.99. The van der Waals surface area contributed by atoms with E-state index >= 15 is 0 Å². The fourth-order valence-corrected chi connectivity index (χ4v) is 2.69. The Labute approximate surface area is 115 Å². The van der Waals surface area contributed by atoms with Gasteiger partial charge in [-0.3, -0.25) is 9.78 Å². The molecule has 1 aliphatic rings. The first-order valence-electron chi connectivity index (χ1n) is 6.94. The standard InChI is InChI=1S/C15H23N3O/c1-11(12-5-9-16-10-6-12)18-14(19)13-15(2,3)7-4-8-17-13/h5-6,9-11,13,17H,4,7-8H2,1-3H3,(H,18,19)/t11-,13?/m1/s1. The molecule has 1 unspecified atom stereocenters. The fraction of sp³-hybridized carbons (Fsp3) is 0.600. The molecule has 1 fully saturated rings. The SMILES string of the molecule is C[C@@H](NC(=O)C1NCCCC1(C)C)c1ccncc1. The Morgan fingerprint density at radius 1 is 1.47 bits per heavy atom. The minimum atomic E-state index is -0.106. The molecule has 4 heteroatoms. The molecule has 1 aromatic heterocycles. The molecule has 2 heterocycles. The second kappa shape index (κ2) is 5.70. The zero-order valence-corrected chi connectivity index (χ0v) is 11.9. The van der Waals surface area contributed by atoms with Crippen molar-refractivity contribution in [3.63, 3.8) is 0 Å². The summed E-state index contributed by atoms with van der Waals surface area (Å²) in [5, 5.41) is 6.43. The lowest BCUT2D eigenvalue weighted by Crippen LogP contribution is -2.55.